The van der Waals surface area contributed by atoms with Crippen molar-refractivity contribution in [2.24, 2.45) is 0 Å². The van der Waals surface area contributed by atoms with Gasteiger partial charge in [-0.1, -0.05) is 41.9 Å². The van der Waals surface area contributed by atoms with Gasteiger partial charge in [-0.25, -0.2) is 4.79 Å². The van der Waals surface area contributed by atoms with Gasteiger partial charge in [0, 0.05) is 40.4 Å². The predicted octanol–water partition coefficient (Wildman–Crippen LogP) is 5.92. The number of ketones is 1. The largest absolute Gasteiger partial charge is 0.459 e. The molecule has 2 atom stereocenters. The Hall–Kier alpha value is -3.25. The van der Waals surface area contributed by atoms with Gasteiger partial charge in [-0.3, -0.25) is 4.79 Å². The summed E-state index contributed by atoms with van der Waals surface area (Å²) >= 11 is 6.77. The van der Waals surface area contributed by atoms with E-state index in [-0.39, 0.29) is 24.6 Å². The highest BCUT2D eigenvalue weighted by Crippen LogP contribution is 2.49. The molecule has 0 spiro atoms. The van der Waals surface area contributed by atoms with Crippen LogP contribution in [0.2, 0.25) is 5.02 Å². The molecule has 2 heterocycles. The second-order valence-corrected chi connectivity index (χ2v) is 10.4. The lowest BCUT2D eigenvalue weighted by Gasteiger charge is -2.37. The fourth-order valence-electron chi connectivity index (χ4n) is 5.96. The van der Waals surface area contributed by atoms with Crippen LogP contribution in [-0.2, 0) is 14.3 Å². The first-order valence-electron chi connectivity index (χ1n) is 12.6. The normalized spacial score (nSPS) is 23.6. The highest BCUT2D eigenvalue weighted by molar-refractivity contribution is 6.32. The van der Waals surface area contributed by atoms with E-state index in [2.05, 4.69) is 17.4 Å². The quantitative estimate of drug-likeness (QED) is 0.520. The van der Waals surface area contributed by atoms with Gasteiger partial charge in [0.15, 0.2) is 17.3 Å². The molecule has 2 aromatic rings. The lowest BCUT2D eigenvalue weighted by atomic mass is 9.71. The molecular weight excluding hydrogens is 478 g/mol. The molecule has 1 fully saturated rings. The van der Waals surface area contributed by atoms with Crippen LogP contribution in [0.3, 0.4) is 0 Å². The van der Waals surface area contributed by atoms with Crippen LogP contribution in [0.15, 0.2) is 65.0 Å². The van der Waals surface area contributed by atoms with Crippen LogP contribution >= 0.6 is 11.6 Å². The fraction of sp³-hybridized carbons (Fsp3) is 0.379. The Labute approximate surface area is 215 Å². The van der Waals surface area contributed by atoms with E-state index in [1.54, 1.807) is 12.1 Å². The molecule has 0 radical (unpaired) electrons. The van der Waals surface area contributed by atoms with E-state index < -0.39 is 11.9 Å². The Kier molecular flexibility index (Phi) is 6.00. The summed E-state index contributed by atoms with van der Waals surface area (Å²) in [5, 5.41) is 3.84. The van der Waals surface area contributed by atoms with Crippen LogP contribution in [0.25, 0.3) is 0 Å². The zero-order valence-electron chi connectivity index (χ0n) is 20.1. The minimum Gasteiger partial charge on any atom is -0.459 e. The molecule has 0 saturated heterocycles. The number of nitrogens with one attached hydrogen (secondary N) is 1. The smallest absolute Gasteiger partial charge is 0.337 e. The lowest BCUT2D eigenvalue weighted by Crippen LogP contribution is -2.36. The molecule has 36 heavy (non-hydrogen) atoms. The van der Waals surface area contributed by atoms with E-state index >= 15 is 0 Å². The molecular formula is C29H28ClNO5. The molecule has 7 heteroatoms. The van der Waals surface area contributed by atoms with Gasteiger partial charge in [-0.15, -0.1) is 0 Å². The number of rotatable bonds is 4. The van der Waals surface area contributed by atoms with Crippen molar-refractivity contribution in [3.63, 3.8) is 0 Å². The van der Waals surface area contributed by atoms with Gasteiger partial charge in [0.2, 0.25) is 6.79 Å². The number of hydrogen-bond acceptors (Lipinski definition) is 6. The topological polar surface area (TPSA) is 73.9 Å². The molecule has 1 saturated carbocycles. The monoisotopic (exact) mass is 505 g/mol. The number of dihydropyridines is 1. The van der Waals surface area contributed by atoms with Crippen LogP contribution in [-0.4, -0.2) is 24.6 Å². The number of fused-ring (bicyclic) bond motifs is 1. The van der Waals surface area contributed by atoms with Crippen molar-refractivity contribution in [2.45, 2.75) is 63.4 Å². The van der Waals surface area contributed by atoms with Gasteiger partial charge < -0.3 is 19.5 Å². The van der Waals surface area contributed by atoms with Crippen molar-refractivity contribution < 1.29 is 23.8 Å². The Bertz CT molecular complexity index is 1290. The van der Waals surface area contributed by atoms with E-state index in [9.17, 15) is 9.59 Å². The van der Waals surface area contributed by atoms with Crippen LogP contribution in [0.4, 0.5) is 0 Å². The maximum atomic E-state index is 13.8. The Morgan fingerprint density at radius 2 is 1.78 bits per heavy atom. The number of esters is 1. The standard InChI is InChI=1S/C29H28ClNO5/c1-16-26(29(33)36-19-9-5-6-10-19)27(20-13-24-25(14-21(20)30)35-15-34-24)28-22(31-16)11-18(12-23(28)32)17-7-3-2-4-8-17/h2-4,7-8,13-14,18-19,27,31H,5-6,9-12,15H2,1H3/t18-,27-/m0/s1. The summed E-state index contributed by atoms with van der Waals surface area (Å²) in [5.74, 6) is 0.160. The summed E-state index contributed by atoms with van der Waals surface area (Å²) < 4.78 is 17.1. The van der Waals surface area contributed by atoms with Crippen molar-refractivity contribution in [1.29, 1.82) is 0 Å². The number of benzene rings is 2. The highest BCUT2D eigenvalue weighted by Gasteiger charge is 2.43. The van der Waals surface area contributed by atoms with E-state index in [1.807, 2.05) is 25.1 Å². The van der Waals surface area contributed by atoms with E-state index in [0.29, 0.717) is 51.8 Å². The first kappa shape index (κ1) is 23.2. The number of Topliss-reactive ketones (excluding diaryl/α,β-unsaturated/α-hetero) is 1. The molecule has 186 valence electrons. The van der Waals surface area contributed by atoms with Crippen LogP contribution in [0, 0.1) is 0 Å². The minimum atomic E-state index is -0.638. The summed E-state index contributed by atoms with van der Waals surface area (Å²) in [5.41, 5.74) is 4.34. The van der Waals surface area contributed by atoms with Crippen molar-refractivity contribution in [2.75, 3.05) is 6.79 Å². The molecule has 4 aliphatic rings. The number of hydrogen-bond donors (Lipinski definition) is 1. The molecule has 0 bridgehead atoms. The van der Waals surface area contributed by atoms with E-state index in [1.165, 1.54) is 0 Å². The van der Waals surface area contributed by atoms with E-state index in [4.69, 9.17) is 25.8 Å². The van der Waals surface area contributed by atoms with Gasteiger partial charge in [0.1, 0.15) is 6.10 Å². The third-order valence-corrected chi connectivity index (χ3v) is 8.02. The number of carbonyl (C=O) groups is 2. The molecule has 0 unspecified atom stereocenters. The summed E-state index contributed by atoms with van der Waals surface area (Å²) in [7, 11) is 0. The lowest BCUT2D eigenvalue weighted by molar-refractivity contribution is -0.144. The van der Waals surface area contributed by atoms with Crippen LogP contribution in [0.1, 0.15) is 68.4 Å². The van der Waals surface area contributed by atoms with Crippen LogP contribution in [0.5, 0.6) is 11.5 Å². The second kappa shape index (κ2) is 9.32. The van der Waals surface area contributed by atoms with Crippen molar-refractivity contribution in [3.05, 3.63) is 81.2 Å². The molecule has 2 aliphatic carbocycles. The first-order chi connectivity index (χ1) is 17.5. The summed E-state index contributed by atoms with van der Waals surface area (Å²) in [4.78, 5) is 27.4. The third kappa shape index (κ3) is 4.07. The Morgan fingerprint density at radius 3 is 2.53 bits per heavy atom. The van der Waals surface area contributed by atoms with Gasteiger partial charge in [0.25, 0.3) is 0 Å². The molecule has 0 aromatic heterocycles. The molecule has 0 amide bonds. The molecule has 6 nitrogen and oxygen atoms in total. The fourth-order valence-corrected chi connectivity index (χ4v) is 6.22. The minimum absolute atomic E-state index is 0.00926. The Balaban J connectivity index is 1.44. The maximum Gasteiger partial charge on any atom is 0.337 e. The van der Waals surface area contributed by atoms with Crippen molar-refractivity contribution in [1.82, 2.24) is 5.32 Å². The summed E-state index contributed by atoms with van der Waals surface area (Å²) in [6.45, 7) is 1.98. The van der Waals surface area contributed by atoms with E-state index in [0.717, 1.165) is 36.9 Å². The van der Waals surface area contributed by atoms with Crippen molar-refractivity contribution in [3.8, 4) is 11.5 Å². The molecule has 2 aliphatic heterocycles. The molecule has 6 rings (SSSR count). The average molecular weight is 506 g/mol. The second-order valence-electron chi connectivity index (χ2n) is 9.97. The first-order valence-corrected chi connectivity index (χ1v) is 13.0. The van der Waals surface area contributed by atoms with Gasteiger partial charge in [-0.2, -0.15) is 0 Å². The van der Waals surface area contributed by atoms with Crippen LogP contribution < -0.4 is 14.8 Å². The van der Waals surface area contributed by atoms with Gasteiger partial charge in [0.05, 0.1) is 5.57 Å². The SMILES string of the molecule is CC1=C(C(=O)OC2CCCC2)[C@H](c2cc3c(cc2Cl)OCO3)C2=C(C[C@H](c3ccccc3)CC2=O)N1. The summed E-state index contributed by atoms with van der Waals surface area (Å²) in [6.07, 6.45) is 4.80. The zero-order chi connectivity index (χ0) is 24.8. The third-order valence-electron chi connectivity index (χ3n) is 7.70. The Morgan fingerprint density at radius 1 is 1.06 bits per heavy atom. The van der Waals surface area contributed by atoms with Gasteiger partial charge in [-0.05, 0) is 62.1 Å². The maximum absolute atomic E-state index is 13.8. The predicted molar refractivity (Wildman–Crippen MR) is 135 cm³/mol. The zero-order valence-corrected chi connectivity index (χ0v) is 20.9. The summed E-state index contributed by atoms with van der Waals surface area (Å²) in [6, 6.07) is 13.6. The number of carbonyl (C=O) groups excluding carboxylic acids is 2. The number of halogens is 1. The van der Waals surface area contributed by atoms with Crippen molar-refractivity contribution >= 4 is 23.4 Å². The highest BCUT2D eigenvalue weighted by atomic mass is 35.5. The molecule has 2 aromatic carbocycles. The number of ether oxygens (including phenoxy) is 3. The molecule has 1 N–H and O–H groups in total. The number of allylic oxidation sites excluding steroid dienone is 3. The average Bonchev–Trinajstić information content (AvgIpc) is 3.54. The van der Waals surface area contributed by atoms with Gasteiger partial charge >= 0.3 is 5.97 Å².